The summed E-state index contributed by atoms with van der Waals surface area (Å²) in [5.41, 5.74) is 1.80. The van der Waals surface area contributed by atoms with E-state index in [1.165, 1.54) is 4.31 Å². The monoisotopic (exact) mass is 265 g/mol. The normalized spacial score (nSPS) is 15.5. The van der Waals surface area contributed by atoms with E-state index >= 15 is 0 Å². The lowest BCUT2D eigenvalue weighted by Gasteiger charge is -2.11. The minimum absolute atomic E-state index is 0.328. The van der Waals surface area contributed by atoms with Gasteiger partial charge in [0, 0.05) is 27.1 Å². The van der Waals surface area contributed by atoms with Crippen LogP contribution in [0.3, 0.4) is 0 Å². The lowest BCUT2D eigenvalue weighted by atomic mass is 10.3. The topological polar surface area (TPSA) is 55.2 Å². The Bertz CT molecular complexity index is 716. The van der Waals surface area contributed by atoms with Gasteiger partial charge in [0.15, 0.2) is 0 Å². The number of aryl methyl sites for hydroxylation is 2. The highest BCUT2D eigenvalue weighted by Crippen LogP contribution is 2.25. The number of sulfonamides is 1. The molecule has 5 nitrogen and oxygen atoms in total. The molecule has 96 valence electrons. The summed E-state index contributed by atoms with van der Waals surface area (Å²) >= 11 is 0. The maximum atomic E-state index is 12.1. The fourth-order valence-corrected chi connectivity index (χ4v) is 3.28. The van der Waals surface area contributed by atoms with Crippen molar-refractivity contribution in [3.8, 4) is 0 Å². The van der Waals surface area contributed by atoms with Gasteiger partial charge in [0.2, 0.25) is 10.0 Å². The van der Waals surface area contributed by atoms with Crippen molar-refractivity contribution in [2.24, 2.45) is 0 Å². The van der Waals surface area contributed by atoms with Crippen molar-refractivity contribution in [2.75, 3.05) is 14.1 Å². The van der Waals surface area contributed by atoms with E-state index in [-0.39, 0.29) is 0 Å². The predicted octanol–water partition coefficient (Wildman–Crippen LogP) is 1.23. The lowest BCUT2D eigenvalue weighted by molar-refractivity contribution is 0.521. The van der Waals surface area contributed by atoms with Crippen molar-refractivity contribution < 1.29 is 8.42 Å². The van der Waals surface area contributed by atoms with Crippen LogP contribution in [0.15, 0.2) is 23.1 Å². The molecule has 0 radical (unpaired) electrons. The van der Waals surface area contributed by atoms with Gasteiger partial charge in [-0.1, -0.05) is 0 Å². The first-order valence-electron chi connectivity index (χ1n) is 5.92. The summed E-state index contributed by atoms with van der Waals surface area (Å²) in [6.45, 7) is 0.928. The van der Waals surface area contributed by atoms with E-state index in [1.54, 1.807) is 32.3 Å². The first-order chi connectivity index (χ1) is 8.50. The molecule has 18 heavy (non-hydrogen) atoms. The second-order valence-electron chi connectivity index (χ2n) is 4.72. The number of rotatable bonds is 2. The van der Waals surface area contributed by atoms with E-state index < -0.39 is 10.0 Å². The molecule has 0 unspecified atom stereocenters. The fourth-order valence-electron chi connectivity index (χ4n) is 2.36. The molecule has 0 amide bonds. The molecule has 0 fully saturated rings. The number of nitrogens with zero attached hydrogens (tertiary/aromatic N) is 3. The Balaban J connectivity index is 2.23. The van der Waals surface area contributed by atoms with E-state index in [0.717, 1.165) is 36.2 Å². The van der Waals surface area contributed by atoms with Crippen LogP contribution < -0.4 is 0 Å². The molecule has 0 N–H and O–H groups in total. The molecule has 2 aromatic rings. The van der Waals surface area contributed by atoms with Crippen LogP contribution in [0.5, 0.6) is 0 Å². The molecule has 0 saturated carbocycles. The zero-order valence-electron chi connectivity index (χ0n) is 10.4. The molecule has 0 spiro atoms. The maximum Gasteiger partial charge on any atom is 0.242 e. The van der Waals surface area contributed by atoms with Gasteiger partial charge in [0.05, 0.1) is 15.9 Å². The van der Waals surface area contributed by atoms with Gasteiger partial charge in [-0.2, -0.15) is 0 Å². The zero-order valence-corrected chi connectivity index (χ0v) is 11.2. The summed E-state index contributed by atoms with van der Waals surface area (Å²) in [5, 5.41) is 0. The summed E-state index contributed by atoms with van der Waals surface area (Å²) in [6.07, 6.45) is 2.06. The van der Waals surface area contributed by atoms with Crippen molar-refractivity contribution >= 4 is 21.1 Å². The molecule has 2 heterocycles. The molecule has 1 aromatic carbocycles. The van der Waals surface area contributed by atoms with Crippen LogP contribution in [0.4, 0.5) is 0 Å². The van der Waals surface area contributed by atoms with Crippen molar-refractivity contribution in [2.45, 2.75) is 24.3 Å². The zero-order chi connectivity index (χ0) is 12.9. The number of aromatic nitrogens is 2. The summed E-state index contributed by atoms with van der Waals surface area (Å²) in [4.78, 5) is 4.84. The maximum absolute atomic E-state index is 12.1. The fraction of sp³-hybridized carbons (Fsp3) is 0.417. The van der Waals surface area contributed by atoms with Gasteiger partial charge in [0.25, 0.3) is 0 Å². The first kappa shape index (κ1) is 11.7. The molecule has 0 aliphatic carbocycles. The number of benzene rings is 1. The second kappa shape index (κ2) is 3.80. The minimum atomic E-state index is -3.37. The highest BCUT2D eigenvalue weighted by molar-refractivity contribution is 7.89. The van der Waals surface area contributed by atoms with Gasteiger partial charge in [-0.25, -0.2) is 17.7 Å². The quantitative estimate of drug-likeness (QED) is 0.820. The smallest absolute Gasteiger partial charge is 0.242 e. The van der Waals surface area contributed by atoms with Crippen LogP contribution in [-0.4, -0.2) is 36.4 Å². The van der Waals surface area contributed by atoms with E-state index in [1.807, 2.05) is 0 Å². The van der Waals surface area contributed by atoms with Crippen LogP contribution in [-0.2, 0) is 23.0 Å². The molecule has 1 aromatic heterocycles. The van der Waals surface area contributed by atoms with Crippen molar-refractivity contribution in [3.05, 3.63) is 24.0 Å². The molecular weight excluding hydrogens is 250 g/mol. The van der Waals surface area contributed by atoms with E-state index in [2.05, 4.69) is 9.55 Å². The summed E-state index contributed by atoms with van der Waals surface area (Å²) in [5.74, 6) is 1.06. The molecule has 1 aliphatic heterocycles. The molecule has 0 atom stereocenters. The number of imidazole rings is 1. The highest BCUT2D eigenvalue weighted by atomic mass is 32.2. The van der Waals surface area contributed by atoms with E-state index in [0.29, 0.717) is 4.90 Å². The average molecular weight is 265 g/mol. The molecule has 3 rings (SSSR count). The Labute approximate surface area is 106 Å². The van der Waals surface area contributed by atoms with Crippen LogP contribution in [0, 0.1) is 0 Å². The van der Waals surface area contributed by atoms with Crippen LogP contribution in [0.25, 0.3) is 11.0 Å². The average Bonchev–Trinajstić information content (AvgIpc) is 2.87. The van der Waals surface area contributed by atoms with Gasteiger partial charge in [0.1, 0.15) is 5.82 Å². The Morgan fingerprint density at radius 1 is 1.33 bits per heavy atom. The first-order valence-corrected chi connectivity index (χ1v) is 7.36. The largest absolute Gasteiger partial charge is 0.328 e. The van der Waals surface area contributed by atoms with Gasteiger partial charge >= 0.3 is 0 Å². The third kappa shape index (κ3) is 1.56. The van der Waals surface area contributed by atoms with Crippen LogP contribution in [0.2, 0.25) is 0 Å². The highest BCUT2D eigenvalue weighted by Gasteiger charge is 2.21. The lowest BCUT2D eigenvalue weighted by Crippen LogP contribution is -2.22. The molecule has 0 saturated heterocycles. The SMILES string of the molecule is CN(C)S(=O)(=O)c1ccc2nc3n(c2c1)CCC3. The van der Waals surface area contributed by atoms with Gasteiger partial charge in [-0.05, 0) is 24.6 Å². The number of hydrogen-bond donors (Lipinski definition) is 0. The summed E-state index contributed by atoms with van der Waals surface area (Å²) < 4.78 is 27.5. The van der Waals surface area contributed by atoms with Gasteiger partial charge in [-0.15, -0.1) is 0 Å². The Kier molecular flexibility index (Phi) is 2.46. The Morgan fingerprint density at radius 3 is 2.83 bits per heavy atom. The summed E-state index contributed by atoms with van der Waals surface area (Å²) in [7, 11) is -0.287. The van der Waals surface area contributed by atoms with Crippen molar-refractivity contribution in [3.63, 3.8) is 0 Å². The third-order valence-corrected chi connectivity index (χ3v) is 5.17. The van der Waals surface area contributed by atoms with Gasteiger partial charge < -0.3 is 4.57 Å². The minimum Gasteiger partial charge on any atom is -0.328 e. The summed E-state index contributed by atoms with van der Waals surface area (Å²) in [6, 6.07) is 5.14. The molecule has 1 aliphatic rings. The molecular formula is C12H15N3O2S. The number of fused-ring (bicyclic) bond motifs is 3. The second-order valence-corrected chi connectivity index (χ2v) is 6.87. The molecule has 0 bridgehead atoms. The molecule has 6 heteroatoms. The Morgan fingerprint density at radius 2 is 2.11 bits per heavy atom. The standard InChI is InChI=1S/C12H15N3O2S/c1-14(2)18(16,17)9-5-6-10-11(8-9)15-7-3-4-12(15)13-10/h5-6,8H,3-4,7H2,1-2H3. The van der Waals surface area contributed by atoms with Crippen molar-refractivity contribution in [1.29, 1.82) is 0 Å². The van der Waals surface area contributed by atoms with Crippen LogP contribution in [0.1, 0.15) is 12.2 Å². The van der Waals surface area contributed by atoms with Crippen LogP contribution >= 0.6 is 0 Å². The van der Waals surface area contributed by atoms with Crippen molar-refractivity contribution in [1.82, 2.24) is 13.9 Å². The van der Waals surface area contributed by atoms with E-state index in [4.69, 9.17) is 0 Å². The Hall–Kier alpha value is -1.40. The van der Waals surface area contributed by atoms with Gasteiger partial charge in [-0.3, -0.25) is 0 Å². The third-order valence-electron chi connectivity index (χ3n) is 3.36. The van der Waals surface area contributed by atoms with E-state index in [9.17, 15) is 8.42 Å². The number of hydrogen-bond acceptors (Lipinski definition) is 3. The predicted molar refractivity (Wildman–Crippen MR) is 68.9 cm³/mol.